The number of nitrogens with two attached hydrogens (primary N) is 1. The van der Waals surface area contributed by atoms with E-state index in [-0.39, 0.29) is 30.2 Å². The Bertz CT molecular complexity index is 1060. The number of primary amides is 1. The second-order valence-corrected chi connectivity index (χ2v) is 10.9. The molecule has 12 heteroatoms. The van der Waals surface area contributed by atoms with Crippen LogP contribution in [-0.2, 0) is 15.7 Å². The fraction of sp³-hybridized carbons (Fsp3) is 0.667. The van der Waals surface area contributed by atoms with Crippen molar-refractivity contribution in [2.24, 2.45) is 23.5 Å². The van der Waals surface area contributed by atoms with Gasteiger partial charge in [-0.05, 0) is 69.8 Å². The van der Waals surface area contributed by atoms with E-state index in [1.54, 1.807) is 20.8 Å². The molecule has 0 aromatic carbocycles. The molecule has 0 radical (unpaired) electrons. The number of carbonyl (C=O) groups excluding carboxylic acids is 3. The van der Waals surface area contributed by atoms with Crippen molar-refractivity contribution in [2.75, 3.05) is 0 Å². The van der Waals surface area contributed by atoms with Crippen molar-refractivity contribution in [3.8, 4) is 0 Å². The van der Waals surface area contributed by atoms with Gasteiger partial charge in [0.15, 0.2) is 5.69 Å². The molecule has 4 saturated carbocycles. The van der Waals surface area contributed by atoms with E-state index < -0.39 is 40.6 Å². The van der Waals surface area contributed by atoms with Crippen molar-refractivity contribution < 1.29 is 32.3 Å². The Balaban J connectivity index is 1.54. The van der Waals surface area contributed by atoms with Crippen LogP contribution in [0.3, 0.4) is 0 Å². The topological polar surface area (TPSA) is 128 Å². The van der Waals surface area contributed by atoms with Crippen LogP contribution >= 0.6 is 0 Å². The number of amides is 3. The van der Waals surface area contributed by atoms with E-state index >= 15 is 0 Å². The van der Waals surface area contributed by atoms with E-state index in [2.05, 4.69) is 15.7 Å². The number of alkyl halides is 3. The van der Waals surface area contributed by atoms with E-state index in [0.717, 1.165) is 31.7 Å². The van der Waals surface area contributed by atoms with Gasteiger partial charge >= 0.3 is 12.3 Å². The molecule has 0 spiro atoms. The number of halogens is 3. The highest BCUT2D eigenvalue weighted by molar-refractivity contribution is 5.95. The number of rotatable bonds is 7. The molecular formula is C24H32F3N5O4. The molecule has 4 aliphatic carbocycles. The van der Waals surface area contributed by atoms with Crippen molar-refractivity contribution in [1.29, 1.82) is 0 Å². The zero-order chi connectivity index (χ0) is 26.5. The molecule has 36 heavy (non-hydrogen) atoms. The van der Waals surface area contributed by atoms with Crippen molar-refractivity contribution in [1.82, 2.24) is 20.4 Å². The second kappa shape index (κ2) is 9.11. The fourth-order valence-electron chi connectivity index (χ4n) is 6.42. The highest BCUT2D eigenvalue weighted by atomic mass is 19.4. The lowest BCUT2D eigenvalue weighted by Gasteiger charge is -2.58. The molecule has 9 nitrogen and oxygen atoms in total. The zero-order valence-electron chi connectivity index (χ0n) is 20.5. The molecule has 1 heterocycles. The van der Waals surface area contributed by atoms with Gasteiger partial charge in [0.2, 0.25) is 5.91 Å². The average Bonchev–Trinajstić information content (AvgIpc) is 3.18. The number of nitrogens with one attached hydrogen (secondary N) is 2. The molecule has 4 N–H and O–H groups in total. The quantitative estimate of drug-likeness (QED) is 0.517. The number of carbonyl (C=O) groups is 3. The maximum absolute atomic E-state index is 14.0. The summed E-state index contributed by atoms with van der Waals surface area (Å²) in [5.74, 6) is -0.772. The minimum absolute atomic E-state index is 0.00759. The average molecular weight is 512 g/mol. The Kier molecular flexibility index (Phi) is 6.59. The van der Waals surface area contributed by atoms with Crippen LogP contribution in [-0.4, -0.2) is 44.9 Å². The van der Waals surface area contributed by atoms with E-state index in [9.17, 15) is 27.6 Å². The monoisotopic (exact) mass is 511 g/mol. The number of aromatic nitrogens is 2. The zero-order valence-corrected chi connectivity index (χ0v) is 20.5. The minimum atomic E-state index is -4.84. The summed E-state index contributed by atoms with van der Waals surface area (Å²) in [6.45, 7) is 4.95. The van der Waals surface area contributed by atoms with Gasteiger partial charge in [-0.1, -0.05) is 6.92 Å². The van der Waals surface area contributed by atoms with Gasteiger partial charge in [-0.3, -0.25) is 9.59 Å². The summed E-state index contributed by atoms with van der Waals surface area (Å²) in [7, 11) is 0. The SMILES string of the molecule is CCC(=O)NC(C)(C)C=Cn1ncc(C(=O)NC2C3CC4CC2CC(OC(N)=O)(C4)C3)c1C(F)(F)F. The lowest BCUT2D eigenvalue weighted by atomic mass is 9.52. The summed E-state index contributed by atoms with van der Waals surface area (Å²) in [5.41, 5.74) is 1.95. The minimum Gasteiger partial charge on any atom is -0.443 e. The Labute approximate surface area is 207 Å². The summed E-state index contributed by atoms with van der Waals surface area (Å²) < 4.78 is 48.1. The summed E-state index contributed by atoms with van der Waals surface area (Å²) in [6.07, 6.45) is 1.39. The van der Waals surface area contributed by atoms with Gasteiger partial charge < -0.3 is 21.1 Å². The number of hydrogen-bond donors (Lipinski definition) is 3. The van der Waals surface area contributed by atoms with Crippen molar-refractivity contribution in [2.45, 2.75) is 82.7 Å². The molecule has 0 saturated heterocycles. The second-order valence-electron chi connectivity index (χ2n) is 10.9. The van der Waals surface area contributed by atoms with Crippen molar-refractivity contribution in [3.05, 3.63) is 23.5 Å². The molecule has 4 aliphatic rings. The summed E-state index contributed by atoms with van der Waals surface area (Å²) in [5, 5.41) is 9.33. The van der Waals surface area contributed by atoms with Crippen LogP contribution in [0.25, 0.3) is 6.20 Å². The van der Waals surface area contributed by atoms with E-state index in [0.29, 0.717) is 23.4 Å². The molecule has 4 bridgehead atoms. The van der Waals surface area contributed by atoms with Crippen LogP contribution < -0.4 is 16.4 Å². The van der Waals surface area contributed by atoms with Gasteiger partial charge in [0, 0.05) is 18.7 Å². The van der Waals surface area contributed by atoms with Crippen molar-refractivity contribution >= 4 is 24.1 Å². The fourth-order valence-corrected chi connectivity index (χ4v) is 6.42. The van der Waals surface area contributed by atoms with Gasteiger partial charge in [-0.15, -0.1) is 0 Å². The summed E-state index contributed by atoms with van der Waals surface area (Å²) >= 11 is 0. The van der Waals surface area contributed by atoms with Crippen LogP contribution in [0.4, 0.5) is 18.0 Å². The van der Waals surface area contributed by atoms with Crippen LogP contribution in [0, 0.1) is 17.8 Å². The lowest BCUT2D eigenvalue weighted by molar-refractivity contribution is -0.143. The summed E-state index contributed by atoms with van der Waals surface area (Å²) in [6, 6.07) is -0.318. The van der Waals surface area contributed by atoms with Gasteiger partial charge in [-0.2, -0.15) is 18.3 Å². The first-order chi connectivity index (χ1) is 16.7. The Morgan fingerprint density at radius 1 is 1.22 bits per heavy atom. The molecule has 2 atom stereocenters. The molecule has 1 aromatic heterocycles. The first kappa shape index (κ1) is 26.0. The van der Waals surface area contributed by atoms with Crippen molar-refractivity contribution in [3.63, 3.8) is 0 Å². The number of ether oxygens (including phenoxy) is 1. The molecule has 3 amide bonds. The Morgan fingerprint density at radius 2 is 1.86 bits per heavy atom. The molecule has 5 rings (SSSR count). The third-order valence-electron chi connectivity index (χ3n) is 7.56. The molecule has 198 valence electrons. The van der Waals surface area contributed by atoms with Gasteiger partial charge in [-0.25, -0.2) is 9.48 Å². The standard InChI is InChI=1S/C24H32F3N5O4/c1-4-17(33)31-22(2,3)5-6-32-19(24(25,26)27)16(12-29-32)20(34)30-18-14-7-13-8-15(18)11-23(9-13,10-14)36-21(28)35/h5-6,12-15,18H,4,7-11H2,1-3H3,(H2,28,35)(H,30,34)(H,31,33). The Hall–Kier alpha value is -3.05. The maximum Gasteiger partial charge on any atom is 0.434 e. The number of nitrogens with zero attached hydrogens (tertiary/aromatic N) is 2. The molecule has 2 unspecified atom stereocenters. The highest BCUT2D eigenvalue weighted by Gasteiger charge is 2.57. The Morgan fingerprint density at radius 3 is 2.42 bits per heavy atom. The van der Waals surface area contributed by atoms with Crippen LogP contribution in [0.15, 0.2) is 12.3 Å². The molecular weight excluding hydrogens is 479 g/mol. The molecule has 0 aliphatic heterocycles. The largest absolute Gasteiger partial charge is 0.443 e. The summed E-state index contributed by atoms with van der Waals surface area (Å²) in [4.78, 5) is 36.2. The van der Waals surface area contributed by atoms with E-state index in [1.807, 2.05) is 0 Å². The maximum atomic E-state index is 14.0. The van der Waals surface area contributed by atoms with Gasteiger partial charge in [0.05, 0.1) is 17.3 Å². The van der Waals surface area contributed by atoms with Crippen LogP contribution in [0.2, 0.25) is 0 Å². The molecule has 1 aromatic rings. The van der Waals surface area contributed by atoms with Gasteiger partial charge in [0.25, 0.3) is 5.91 Å². The third-order valence-corrected chi connectivity index (χ3v) is 7.56. The number of hydrogen-bond acceptors (Lipinski definition) is 5. The third kappa shape index (κ3) is 5.22. The van der Waals surface area contributed by atoms with Crippen LogP contribution in [0.1, 0.15) is 75.3 Å². The smallest absolute Gasteiger partial charge is 0.434 e. The predicted octanol–water partition coefficient (Wildman–Crippen LogP) is 3.45. The molecule has 4 fully saturated rings. The predicted molar refractivity (Wildman–Crippen MR) is 123 cm³/mol. The highest BCUT2D eigenvalue weighted by Crippen LogP contribution is 2.57. The van der Waals surface area contributed by atoms with E-state index in [4.69, 9.17) is 10.5 Å². The lowest BCUT2D eigenvalue weighted by Crippen LogP contribution is -2.63. The van der Waals surface area contributed by atoms with Gasteiger partial charge in [0.1, 0.15) is 5.60 Å². The first-order valence-electron chi connectivity index (χ1n) is 12.2. The normalized spacial score (nSPS) is 29.4. The van der Waals surface area contributed by atoms with Crippen LogP contribution in [0.5, 0.6) is 0 Å². The van der Waals surface area contributed by atoms with E-state index in [1.165, 1.54) is 6.08 Å². The first-order valence-corrected chi connectivity index (χ1v) is 12.2.